The third-order valence-corrected chi connectivity index (χ3v) is 6.11. The summed E-state index contributed by atoms with van der Waals surface area (Å²) < 4.78 is 10.3. The number of methoxy groups -OCH3 is 2. The van der Waals surface area contributed by atoms with Crippen LogP contribution in [-0.4, -0.2) is 45.9 Å². The van der Waals surface area contributed by atoms with Gasteiger partial charge < -0.3 is 30.3 Å². The van der Waals surface area contributed by atoms with Gasteiger partial charge >= 0.3 is 6.03 Å². The highest BCUT2D eigenvalue weighted by molar-refractivity contribution is 6.04. The molecule has 36 heavy (non-hydrogen) atoms. The highest BCUT2D eigenvalue weighted by Crippen LogP contribution is 2.30. The smallest absolute Gasteiger partial charge is 0.323 e. The van der Waals surface area contributed by atoms with Gasteiger partial charge in [-0.2, -0.15) is 0 Å². The number of benzene rings is 3. The van der Waals surface area contributed by atoms with E-state index in [-0.39, 0.29) is 5.91 Å². The number of nitrogens with zero attached hydrogens (tertiary/aromatic N) is 1. The molecule has 0 unspecified atom stereocenters. The molecule has 8 nitrogen and oxygen atoms in total. The Morgan fingerprint density at radius 2 is 1.69 bits per heavy atom. The second kappa shape index (κ2) is 12.1. The van der Waals surface area contributed by atoms with Crippen LogP contribution in [0.2, 0.25) is 0 Å². The molecule has 0 atom stereocenters. The van der Waals surface area contributed by atoms with Crippen molar-refractivity contribution in [1.82, 2.24) is 5.32 Å². The van der Waals surface area contributed by atoms with E-state index in [2.05, 4.69) is 39.0 Å². The molecule has 1 aliphatic heterocycles. The Kier molecular flexibility index (Phi) is 8.41. The van der Waals surface area contributed by atoms with Gasteiger partial charge in [-0.1, -0.05) is 30.3 Å². The number of carbonyl (C=O) groups excluding carboxylic acids is 2. The Morgan fingerprint density at radius 3 is 2.47 bits per heavy atom. The minimum absolute atomic E-state index is 0.184. The lowest BCUT2D eigenvalue weighted by molar-refractivity contribution is 0.0949. The summed E-state index contributed by atoms with van der Waals surface area (Å²) in [6.07, 6.45) is 1.63. The Labute approximate surface area is 211 Å². The summed E-state index contributed by atoms with van der Waals surface area (Å²) in [5.41, 5.74) is 5.09. The fourth-order valence-electron chi connectivity index (χ4n) is 4.28. The molecular weight excluding hydrogens is 456 g/mol. The maximum atomic E-state index is 13.2. The van der Waals surface area contributed by atoms with E-state index in [1.54, 1.807) is 44.6 Å². The molecule has 4 rings (SSSR count). The van der Waals surface area contributed by atoms with Gasteiger partial charge in [-0.15, -0.1) is 0 Å². The topological polar surface area (TPSA) is 91.9 Å². The van der Waals surface area contributed by atoms with Crippen molar-refractivity contribution in [2.75, 3.05) is 49.4 Å². The first kappa shape index (κ1) is 25.1. The second-order valence-corrected chi connectivity index (χ2v) is 8.59. The fourth-order valence-corrected chi connectivity index (χ4v) is 4.28. The zero-order chi connectivity index (χ0) is 25.3. The molecule has 0 aliphatic carbocycles. The average molecular weight is 489 g/mol. The maximum Gasteiger partial charge on any atom is 0.323 e. The summed E-state index contributed by atoms with van der Waals surface area (Å²) in [7, 11) is 3.21. The lowest BCUT2D eigenvalue weighted by Crippen LogP contribution is -2.33. The molecule has 1 heterocycles. The number of nitrogens with one attached hydrogen (secondary N) is 3. The van der Waals surface area contributed by atoms with E-state index in [0.29, 0.717) is 35.8 Å². The number of amides is 3. The minimum Gasteiger partial charge on any atom is -0.497 e. The Bertz CT molecular complexity index is 1210. The van der Waals surface area contributed by atoms with Crippen LogP contribution >= 0.6 is 0 Å². The highest BCUT2D eigenvalue weighted by Gasteiger charge is 2.22. The number of hydrogen-bond acceptors (Lipinski definition) is 5. The third kappa shape index (κ3) is 6.34. The number of anilines is 3. The summed E-state index contributed by atoms with van der Waals surface area (Å²) in [5, 5.41) is 8.61. The molecule has 0 spiro atoms. The summed E-state index contributed by atoms with van der Waals surface area (Å²) in [4.78, 5) is 28.1. The van der Waals surface area contributed by atoms with Gasteiger partial charge in [0.2, 0.25) is 0 Å². The summed E-state index contributed by atoms with van der Waals surface area (Å²) in [5.74, 6) is 0.463. The minimum atomic E-state index is -0.408. The van der Waals surface area contributed by atoms with Gasteiger partial charge in [-0.25, -0.2) is 4.79 Å². The number of fused-ring (bicyclic) bond motifs is 1. The second-order valence-electron chi connectivity index (χ2n) is 8.59. The summed E-state index contributed by atoms with van der Waals surface area (Å²) in [6, 6.07) is 20.5. The van der Waals surface area contributed by atoms with Crippen molar-refractivity contribution in [2.24, 2.45) is 0 Å². The van der Waals surface area contributed by atoms with E-state index in [0.717, 1.165) is 31.6 Å². The van der Waals surface area contributed by atoms with Gasteiger partial charge in [0, 0.05) is 56.5 Å². The predicted octanol–water partition coefficient (Wildman–Crippen LogP) is 4.67. The molecule has 0 radical (unpaired) electrons. The monoisotopic (exact) mass is 488 g/mol. The first-order chi connectivity index (χ1) is 17.6. The Hall–Kier alpha value is -4.04. The molecule has 0 saturated heterocycles. The fraction of sp³-hybridized carbons (Fsp3) is 0.286. The van der Waals surface area contributed by atoms with E-state index >= 15 is 0 Å². The molecule has 3 aromatic rings. The Morgan fingerprint density at radius 1 is 0.917 bits per heavy atom. The van der Waals surface area contributed by atoms with Crippen LogP contribution in [0.25, 0.3) is 0 Å². The van der Waals surface area contributed by atoms with Crippen molar-refractivity contribution in [3.63, 3.8) is 0 Å². The lowest BCUT2D eigenvalue weighted by Gasteiger charge is -2.32. The van der Waals surface area contributed by atoms with Crippen LogP contribution in [0.1, 0.15) is 27.9 Å². The molecule has 3 aromatic carbocycles. The molecule has 3 N–H and O–H groups in total. The third-order valence-electron chi connectivity index (χ3n) is 6.11. The van der Waals surface area contributed by atoms with Crippen LogP contribution in [-0.2, 0) is 17.7 Å². The van der Waals surface area contributed by atoms with Gasteiger partial charge in [-0.05, 0) is 54.3 Å². The largest absolute Gasteiger partial charge is 0.497 e. The van der Waals surface area contributed by atoms with Gasteiger partial charge in [0.1, 0.15) is 5.75 Å². The zero-order valence-corrected chi connectivity index (χ0v) is 20.7. The van der Waals surface area contributed by atoms with E-state index in [4.69, 9.17) is 9.47 Å². The number of carbonyl (C=O) groups is 2. The van der Waals surface area contributed by atoms with E-state index in [9.17, 15) is 9.59 Å². The molecule has 3 amide bonds. The quantitative estimate of drug-likeness (QED) is 0.381. The normalized spacial score (nSPS) is 12.4. The summed E-state index contributed by atoms with van der Waals surface area (Å²) in [6.45, 7) is 2.61. The lowest BCUT2D eigenvalue weighted by atomic mass is 9.98. The van der Waals surface area contributed by atoms with Crippen molar-refractivity contribution in [3.8, 4) is 5.75 Å². The molecular formula is C28H32N4O4. The van der Waals surface area contributed by atoms with Crippen molar-refractivity contribution in [3.05, 3.63) is 83.4 Å². The molecule has 0 fully saturated rings. The summed E-state index contributed by atoms with van der Waals surface area (Å²) >= 11 is 0. The van der Waals surface area contributed by atoms with Crippen LogP contribution in [0, 0.1) is 0 Å². The zero-order valence-electron chi connectivity index (χ0n) is 20.7. The Balaban J connectivity index is 1.53. The first-order valence-electron chi connectivity index (χ1n) is 12.0. The van der Waals surface area contributed by atoms with Crippen molar-refractivity contribution in [1.29, 1.82) is 0 Å². The number of rotatable bonds is 9. The van der Waals surface area contributed by atoms with Crippen LogP contribution < -0.4 is 25.6 Å². The SMILES string of the molecule is COCCCNC(=O)c1cc(NC(=O)Nc2cccc(OC)c2)ccc1N1CCc2ccccc2C1. The standard InChI is InChI=1S/C28H32N4O4/c1-35-16-6-14-29-27(33)25-18-23(31-28(34)30-22-9-5-10-24(17-22)36-2)11-12-26(25)32-15-13-20-7-3-4-8-21(20)19-32/h3-5,7-12,17-18H,6,13-16,19H2,1-2H3,(H,29,33)(H2,30,31,34). The van der Waals surface area contributed by atoms with Crippen LogP contribution in [0.5, 0.6) is 5.75 Å². The molecule has 0 bridgehead atoms. The van der Waals surface area contributed by atoms with E-state index < -0.39 is 6.03 Å². The molecule has 8 heteroatoms. The van der Waals surface area contributed by atoms with Gasteiger partial charge in [0.05, 0.1) is 12.7 Å². The van der Waals surface area contributed by atoms with Crippen molar-refractivity contribution in [2.45, 2.75) is 19.4 Å². The maximum absolute atomic E-state index is 13.2. The number of urea groups is 1. The predicted molar refractivity (Wildman–Crippen MR) is 142 cm³/mol. The number of hydrogen-bond donors (Lipinski definition) is 3. The van der Waals surface area contributed by atoms with Crippen LogP contribution in [0.3, 0.4) is 0 Å². The molecule has 0 aromatic heterocycles. The van der Waals surface area contributed by atoms with Crippen LogP contribution in [0.15, 0.2) is 66.7 Å². The van der Waals surface area contributed by atoms with Crippen LogP contribution in [0.4, 0.5) is 21.9 Å². The number of ether oxygens (including phenoxy) is 2. The first-order valence-corrected chi connectivity index (χ1v) is 12.0. The van der Waals surface area contributed by atoms with Gasteiger partial charge in [-0.3, -0.25) is 4.79 Å². The average Bonchev–Trinajstić information content (AvgIpc) is 2.90. The van der Waals surface area contributed by atoms with Crippen molar-refractivity contribution < 1.29 is 19.1 Å². The van der Waals surface area contributed by atoms with Gasteiger partial charge in [0.15, 0.2) is 0 Å². The van der Waals surface area contributed by atoms with Crippen molar-refractivity contribution >= 4 is 29.0 Å². The van der Waals surface area contributed by atoms with E-state index in [1.165, 1.54) is 11.1 Å². The highest BCUT2D eigenvalue weighted by atomic mass is 16.5. The molecule has 1 aliphatic rings. The molecule has 188 valence electrons. The van der Waals surface area contributed by atoms with Gasteiger partial charge in [0.25, 0.3) is 5.91 Å². The van der Waals surface area contributed by atoms with E-state index in [1.807, 2.05) is 18.2 Å². The molecule has 0 saturated carbocycles.